The van der Waals surface area contributed by atoms with E-state index in [1.165, 1.54) is 6.92 Å². The monoisotopic (exact) mass is 424 g/mol. The second-order valence-electron chi connectivity index (χ2n) is 8.10. The van der Waals surface area contributed by atoms with Gasteiger partial charge in [-0.15, -0.1) is 0 Å². The molecule has 6 heteroatoms. The van der Waals surface area contributed by atoms with Gasteiger partial charge in [-0.2, -0.15) is 0 Å². The summed E-state index contributed by atoms with van der Waals surface area (Å²) in [5.74, 6) is 0.603. The number of rotatable bonds is 9. The van der Waals surface area contributed by atoms with Crippen molar-refractivity contribution in [3.8, 4) is 5.75 Å². The first kappa shape index (κ1) is 22.8. The highest BCUT2D eigenvalue weighted by atomic mass is 16.5. The number of esters is 1. The quantitative estimate of drug-likeness (QED) is 0.609. The Morgan fingerprint density at radius 2 is 1.84 bits per heavy atom. The summed E-state index contributed by atoms with van der Waals surface area (Å²) in [6, 6.07) is 17.5. The van der Waals surface area contributed by atoms with Gasteiger partial charge < -0.3 is 14.8 Å². The molecule has 1 N–H and O–H groups in total. The minimum atomic E-state index is -0.556. The maximum atomic E-state index is 13.0. The molecule has 0 aromatic heterocycles. The predicted molar refractivity (Wildman–Crippen MR) is 121 cm³/mol. The van der Waals surface area contributed by atoms with E-state index in [2.05, 4.69) is 10.2 Å². The largest absolute Gasteiger partial charge is 0.494 e. The Kier molecular flexibility index (Phi) is 8.06. The summed E-state index contributed by atoms with van der Waals surface area (Å²) in [6.45, 7) is 6.54. The van der Waals surface area contributed by atoms with Gasteiger partial charge >= 0.3 is 5.97 Å². The Hall–Kier alpha value is -2.86. The standard InChI is InChI=1S/C25H32N2O4/c1-3-30-24(29)25(15-17-31-23-8-5-4-6-9-23)14-7-16-27(19-25)18-21-10-12-22(13-11-21)26-20(2)28/h4-6,8-13H,3,7,14-19H2,1-2H3,(H,26,28)/t25-/m1/s1. The number of nitrogens with one attached hydrogen (secondary N) is 1. The second-order valence-corrected chi connectivity index (χ2v) is 8.10. The van der Waals surface area contributed by atoms with Crippen molar-refractivity contribution < 1.29 is 19.1 Å². The number of carbonyl (C=O) groups is 2. The number of piperidine rings is 1. The average Bonchev–Trinajstić information content (AvgIpc) is 2.76. The van der Waals surface area contributed by atoms with Crippen molar-refractivity contribution in [2.75, 3.05) is 31.6 Å². The molecule has 3 rings (SSSR count). The van der Waals surface area contributed by atoms with Crippen molar-refractivity contribution in [3.05, 3.63) is 60.2 Å². The van der Waals surface area contributed by atoms with Crippen LogP contribution in [-0.4, -0.2) is 43.1 Å². The van der Waals surface area contributed by atoms with Gasteiger partial charge in [-0.3, -0.25) is 14.5 Å². The third kappa shape index (κ3) is 6.56. The third-order valence-electron chi connectivity index (χ3n) is 5.64. The molecule has 0 spiro atoms. The lowest BCUT2D eigenvalue weighted by atomic mass is 9.77. The molecule has 0 bridgehead atoms. The molecular formula is C25H32N2O4. The van der Waals surface area contributed by atoms with Crippen LogP contribution in [0.1, 0.15) is 38.7 Å². The summed E-state index contributed by atoms with van der Waals surface area (Å²) in [7, 11) is 0. The van der Waals surface area contributed by atoms with Crippen molar-refractivity contribution in [1.82, 2.24) is 4.90 Å². The van der Waals surface area contributed by atoms with Crippen LogP contribution >= 0.6 is 0 Å². The van der Waals surface area contributed by atoms with E-state index >= 15 is 0 Å². The molecule has 2 aromatic carbocycles. The predicted octanol–water partition coefficient (Wildman–Crippen LogP) is 4.26. The first-order valence-corrected chi connectivity index (χ1v) is 10.9. The Morgan fingerprint density at radius 3 is 2.52 bits per heavy atom. The van der Waals surface area contributed by atoms with Crippen molar-refractivity contribution >= 4 is 17.6 Å². The summed E-state index contributed by atoms with van der Waals surface area (Å²) in [4.78, 5) is 26.5. The van der Waals surface area contributed by atoms with E-state index in [0.717, 1.165) is 42.9 Å². The van der Waals surface area contributed by atoms with Gasteiger partial charge in [0.1, 0.15) is 5.75 Å². The molecule has 2 aromatic rings. The van der Waals surface area contributed by atoms with Crippen molar-refractivity contribution in [2.24, 2.45) is 5.41 Å². The number of para-hydroxylation sites is 1. The zero-order valence-electron chi connectivity index (χ0n) is 18.4. The smallest absolute Gasteiger partial charge is 0.313 e. The summed E-state index contributed by atoms with van der Waals surface area (Å²) in [5, 5.41) is 2.79. The van der Waals surface area contributed by atoms with E-state index < -0.39 is 5.41 Å². The van der Waals surface area contributed by atoms with Crippen LogP contribution in [-0.2, 0) is 20.9 Å². The molecule has 0 radical (unpaired) electrons. The van der Waals surface area contributed by atoms with Crippen LogP contribution in [0.25, 0.3) is 0 Å². The van der Waals surface area contributed by atoms with Crippen LogP contribution in [0.15, 0.2) is 54.6 Å². The molecule has 1 saturated heterocycles. The summed E-state index contributed by atoms with van der Waals surface area (Å²) >= 11 is 0. The number of hydrogen-bond acceptors (Lipinski definition) is 5. The van der Waals surface area contributed by atoms with Crippen LogP contribution in [0.3, 0.4) is 0 Å². The molecule has 166 valence electrons. The molecule has 0 saturated carbocycles. The fourth-order valence-corrected chi connectivity index (χ4v) is 4.15. The molecule has 1 aliphatic heterocycles. The molecule has 31 heavy (non-hydrogen) atoms. The van der Waals surface area contributed by atoms with Gasteiger partial charge in [0.05, 0.1) is 18.6 Å². The minimum absolute atomic E-state index is 0.0827. The van der Waals surface area contributed by atoms with E-state index in [4.69, 9.17) is 9.47 Å². The van der Waals surface area contributed by atoms with Gasteiger partial charge in [0.2, 0.25) is 5.91 Å². The number of nitrogens with zero attached hydrogens (tertiary/aromatic N) is 1. The second kappa shape index (κ2) is 11.0. The first-order valence-electron chi connectivity index (χ1n) is 10.9. The summed E-state index contributed by atoms with van der Waals surface area (Å²) < 4.78 is 11.4. The first-order chi connectivity index (χ1) is 15.0. The molecule has 6 nitrogen and oxygen atoms in total. The molecule has 0 aliphatic carbocycles. The number of hydrogen-bond donors (Lipinski definition) is 1. The van der Waals surface area contributed by atoms with Crippen molar-refractivity contribution in [1.29, 1.82) is 0 Å². The SMILES string of the molecule is CCOC(=O)[C@@]1(CCOc2ccccc2)CCCN(Cc2ccc(NC(C)=O)cc2)C1. The van der Waals surface area contributed by atoms with Crippen LogP contribution in [0.4, 0.5) is 5.69 Å². The lowest BCUT2D eigenvalue weighted by molar-refractivity contribution is -0.160. The molecule has 1 aliphatic rings. The highest BCUT2D eigenvalue weighted by Crippen LogP contribution is 2.36. The van der Waals surface area contributed by atoms with Gasteiger partial charge in [-0.25, -0.2) is 0 Å². The zero-order chi connectivity index (χ0) is 22.1. The van der Waals surface area contributed by atoms with E-state index in [-0.39, 0.29) is 11.9 Å². The maximum absolute atomic E-state index is 13.0. The van der Waals surface area contributed by atoms with E-state index in [0.29, 0.717) is 26.2 Å². The van der Waals surface area contributed by atoms with Gasteiger partial charge in [0, 0.05) is 25.7 Å². The fraction of sp³-hybridized carbons (Fsp3) is 0.440. The van der Waals surface area contributed by atoms with Gasteiger partial charge in [0.25, 0.3) is 0 Å². The lowest BCUT2D eigenvalue weighted by Crippen LogP contribution is -2.49. The average molecular weight is 425 g/mol. The Bertz CT molecular complexity index is 854. The summed E-state index contributed by atoms with van der Waals surface area (Å²) in [5.41, 5.74) is 1.38. The molecule has 1 heterocycles. The number of amides is 1. The highest BCUT2D eigenvalue weighted by Gasteiger charge is 2.43. The van der Waals surface area contributed by atoms with Crippen LogP contribution in [0.5, 0.6) is 5.75 Å². The van der Waals surface area contributed by atoms with E-state index in [1.54, 1.807) is 0 Å². The molecular weight excluding hydrogens is 392 g/mol. The summed E-state index contributed by atoms with van der Waals surface area (Å²) in [6.07, 6.45) is 2.37. The maximum Gasteiger partial charge on any atom is 0.313 e. The van der Waals surface area contributed by atoms with E-state index in [1.807, 2.05) is 61.5 Å². The van der Waals surface area contributed by atoms with Crippen molar-refractivity contribution in [3.63, 3.8) is 0 Å². The van der Waals surface area contributed by atoms with Gasteiger partial charge in [-0.05, 0) is 62.6 Å². The Morgan fingerprint density at radius 1 is 1.10 bits per heavy atom. The minimum Gasteiger partial charge on any atom is -0.494 e. The number of likely N-dealkylation sites (tertiary alicyclic amines) is 1. The molecule has 1 fully saturated rings. The van der Waals surface area contributed by atoms with Crippen LogP contribution in [0.2, 0.25) is 0 Å². The fourth-order valence-electron chi connectivity index (χ4n) is 4.15. The van der Waals surface area contributed by atoms with Crippen LogP contribution in [0, 0.1) is 5.41 Å². The number of benzene rings is 2. The molecule has 1 amide bonds. The normalized spacial score (nSPS) is 18.9. The lowest BCUT2D eigenvalue weighted by Gasteiger charge is -2.41. The van der Waals surface area contributed by atoms with Gasteiger partial charge in [-0.1, -0.05) is 30.3 Å². The molecule has 0 unspecified atom stereocenters. The van der Waals surface area contributed by atoms with Crippen LogP contribution < -0.4 is 10.1 Å². The number of ether oxygens (including phenoxy) is 2. The zero-order valence-corrected chi connectivity index (χ0v) is 18.4. The third-order valence-corrected chi connectivity index (χ3v) is 5.64. The van der Waals surface area contributed by atoms with E-state index in [9.17, 15) is 9.59 Å². The highest BCUT2D eigenvalue weighted by molar-refractivity contribution is 5.88. The topological polar surface area (TPSA) is 67.9 Å². The Balaban J connectivity index is 1.65. The molecule has 1 atom stereocenters. The van der Waals surface area contributed by atoms with Gasteiger partial charge in [0.15, 0.2) is 0 Å². The number of anilines is 1. The number of carbonyl (C=O) groups excluding carboxylic acids is 2. The Labute approximate surface area is 184 Å². The van der Waals surface area contributed by atoms with Crippen molar-refractivity contribution in [2.45, 2.75) is 39.7 Å².